The van der Waals surface area contributed by atoms with Crippen molar-refractivity contribution >= 4 is 70.9 Å². The fourth-order valence-electron chi connectivity index (χ4n) is 7.94. The Bertz CT molecular complexity index is 2790. The molecule has 0 aliphatic carbocycles. The topological polar surface area (TPSA) is 3.24 Å². The van der Waals surface area contributed by atoms with Gasteiger partial charge in [0.15, 0.2) is 0 Å². The first-order valence-corrected chi connectivity index (χ1v) is 17.6. The molecular weight excluding hydrogens is 615 g/mol. The van der Waals surface area contributed by atoms with E-state index in [-0.39, 0.29) is 0 Å². The van der Waals surface area contributed by atoms with Crippen molar-refractivity contribution in [1.29, 1.82) is 0 Å². The third-order valence-corrected chi connectivity index (χ3v) is 10.4. The molecule has 0 radical (unpaired) electrons. The zero-order valence-corrected chi connectivity index (χ0v) is 28.0. The van der Waals surface area contributed by atoms with Crippen LogP contribution in [0.3, 0.4) is 0 Å². The zero-order chi connectivity index (χ0) is 33.7. The highest BCUT2D eigenvalue weighted by molar-refractivity contribution is 6.28. The third kappa shape index (κ3) is 5.02. The van der Waals surface area contributed by atoms with Crippen LogP contribution in [0, 0.1) is 0 Å². The van der Waals surface area contributed by atoms with Crippen LogP contribution in [0.25, 0.3) is 76.1 Å². The van der Waals surface area contributed by atoms with Gasteiger partial charge >= 0.3 is 0 Å². The van der Waals surface area contributed by atoms with Gasteiger partial charge in [-0.15, -0.1) is 0 Å². The monoisotopic (exact) mass is 647 g/mol. The minimum absolute atomic E-state index is 1.12. The van der Waals surface area contributed by atoms with Crippen molar-refractivity contribution < 1.29 is 0 Å². The highest BCUT2D eigenvalue weighted by atomic mass is 15.1. The van der Waals surface area contributed by atoms with Crippen LogP contribution in [0.5, 0.6) is 0 Å². The first-order valence-electron chi connectivity index (χ1n) is 17.6. The van der Waals surface area contributed by atoms with E-state index >= 15 is 0 Å². The molecular formula is C50H33N. The molecule has 0 aromatic heterocycles. The summed E-state index contributed by atoms with van der Waals surface area (Å²) in [5.74, 6) is 0. The van der Waals surface area contributed by atoms with E-state index in [2.05, 4.69) is 205 Å². The molecule has 0 unspecified atom stereocenters. The van der Waals surface area contributed by atoms with E-state index in [4.69, 9.17) is 0 Å². The minimum atomic E-state index is 1.12. The van der Waals surface area contributed by atoms with Gasteiger partial charge in [-0.25, -0.2) is 0 Å². The molecule has 0 heterocycles. The second-order valence-electron chi connectivity index (χ2n) is 13.3. The van der Waals surface area contributed by atoms with Gasteiger partial charge in [-0.05, 0) is 119 Å². The normalized spacial score (nSPS) is 11.5. The molecule has 0 atom stereocenters. The Balaban J connectivity index is 1.08. The van der Waals surface area contributed by atoms with Gasteiger partial charge in [0.25, 0.3) is 0 Å². The number of hydrogen-bond donors (Lipinski definition) is 0. The Hall–Kier alpha value is -6.70. The van der Waals surface area contributed by atoms with Crippen molar-refractivity contribution in [2.24, 2.45) is 0 Å². The fraction of sp³-hybridized carbons (Fsp3) is 0. The van der Waals surface area contributed by atoms with E-state index in [9.17, 15) is 0 Å². The Morgan fingerprint density at radius 3 is 1.31 bits per heavy atom. The maximum Gasteiger partial charge on any atom is 0.0468 e. The van der Waals surface area contributed by atoms with Gasteiger partial charge in [0.2, 0.25) is 0 Å². The van der Waals surface area contributed by atoms with Crippen LogP contribution in [0.1, 0.15) is 0 Å². The number of hydrogen-bond acceptors (Lipinski definition) is 1. The van der Waals surface area contributed by atoms with Gasteiger partial charge in [0, 0.05) is 17.1 Å². The lowest BCUT2D eigenvalue weighted by Crippen LogP contribution is -2.09. The van der Waals surface area contributed by atoms with Gasteiger partial charge in [-0.3, -0.25) is 0 Å². The highest BCUT2D eigenvalue weighted by Crippen LogP contribution is 2.42. The molecule has 238 valence electrons. The van der Waals surface area contributed by atoms with Crippen molar-refractivity contribution in [1.82, 2.24) is 0 Å². The Labute approximate surface area is 297 Å². The van der Waals surface area contributed by atoms with E-state index in [1.165, 1.54) is 76.1 Å². The summed E-state index contributed by atoms with van der Waals surface area (Å²) in [5.41, 5.74) is 8.25. The molecule has 10 aromatic carbocycles. The molecule has 0 N–H and O–H groups in total. The third-order valence-electron chi connectivity index (χ3n) is 10.4. The fourth-order valence-corrected chi connectivity index (χ4v) is 7.94. The van der Waals surface area contributed by atoms with Crippen LogP contribution in [0.15, 0.2) is 200 Å². The molecule has 51 heavy (non-hydrogen) atoms. The highest BCUT2D eigenvalue weighted by Gasteiger charge is 2.16. The van der Waals surface area contributed by atoms with E-state index in [0.29, 0.717) is 0 Å². The first kappa shape index (κ1) is 29.2. The number of rotatable bonds is 5. The number of nitrogens with zero attached hydrogens (tertiary/aromatic N) is 1. The molecule has 0 fully saturated rings. The van der Waals surface area contributed by atoms with Crippen LogP contribution < -0.4 is 4.90 Å². The molecule has 0 amide bonds. The zero-order valence-electron chi connectivity index (χ0n) is 28.0. The average Bonchev–Trinajstić information content (AvgIpc) is 3.21. The second kappa shape index (κ2) is 12.0. The van der Waals surface area contributed by atoms with Crippen molar-refractivity contribution in [3.8, 4) is 22.3 Å². The Morgan fingerprint density at radius 2 is 0.706 bits per heavy atom. The van der Waals surface area contributed by atoms with Crippen LogP contribution in [0.2, 0.25) is 0 Å². The van der Waals surface area contributed by atoms with Gasteiger partial charge < -0.3 is 4.90 Å². The summed E-state index contributed by atoms with van der Waals surface area (Å²) in [6.45, 7) is 0. The molecule has 0 aliphatic rings. The van der Waals surface area contributed by atoms with Gasteiger partial charge in [-0.2, -0.15) is 0 Å². The molecule has 0 saturated carbocycles. The lowest BCUT2D eigenvalue weighted by atomic mass is 9.89. The van der Waals surface area contributed by atoms with Crippen LogP contribution in [0.4, 0.5) is 17.1 Å². The predicted octanol–water partition coefficient (Wildman–Crippen LogP) is 14.3. The molecule has 10 rings (SSSR count). The number of benzene rings is 10. The second-order valence-corrected chi connectivity index (χ2v) is 13.3. The average molecular weight is 648 g/mol. The predicted molar refractivity (Wildman–Crippen MR) is 220 cm³/mol. The Morgan fingerprint density at radius 1 is 0.255 bits per heavy atom. The van der Waals surface area contributed by atoms with Crippen LogP contribution in [-0.4, -0.2) is 0 Å². The van der Waals surface area contributed by atoms with E-state index < -0.39 is 0 Å². The van der Waals surface area contributed by atoms with Gasteiger partial charge in [-0.1, -0.05) is 158 Å². The quantitative estimate of drug-likeness (QED) is 0.168. The minimum Gasteiger partial charge on any atom is -0.310 e. The van der Waals surface area contributed by atoms with Gasteiger partial charge in [0.05, 0.1) is 0 Å². The molecule has 0 spiro atoms. The van der Waals surface area contributed by atoms with Crippen LogP contribution in [-0.2, 0) is 0 Å². The first-order chi connectivity index (χ1) is 25.3. The summed E-state index contributed by atoms with van der Waals surface area (Å²) >= 11 is 0. The SMILES string of the molecule is c1cc(-c2ccc(N(c3ccc4ccccc4c3)c3ccc4ccccc4c3)cc2)cc(-c2cccc3c4ccccc4c4ccccc4c23)c1. The molecule has 1 nitrogen and oxygen atoms in total. The lowest BCUT2D eigenvalue weighted by Gasteiger charge is -2.26. The number of anilines is 3. The van der Waals surface area contributed by atoms with Crippen molar-refractivity contribution in [2.75, 3.05) is 4.90 Å². The standard InChI is InChI=1S/C50H33N/c1-3-13-38-32-42(29-25-34(38)11-1)51(43-30-26-35-12-2-4-14-39(35)33-43)41-27-23-36(24-28-41)37-15-9-16-40(31-37)44-21-10-22-49-47-18-6-5-17-45(47)46-19-7-8-20-48(46)50(44)49/h1-33H. The summed E-state index contributed by atoms with van der Waals surface area (Å²) in [6, 6.07) is 73.0. The van der Waals surface area contributed by atoms with E-state index in [0.717, 1.165) is 17.1 Å². The van der Waals surface area contributed by atoms with Gasteiger partial charge in [0.1, 0.15) is 0 Å². The number of fused-ring (bicyclic) bond motifs is 8. The summed E-state index contributed by atoms with van der Waals surface area (Å²) in [5, 5.41) is 12.7. The summed E-state index contributed by atoms with van der Waals surface area (Å²) in [6.07, 6.45) is 0. The van der Waals surface area contributed by atoms with Crippen molar-refractivity contribution in [2.45, 2.75) is 0 Å². The Kier molecular flexibility index (Phi) is 6.89. The summed E-state index contributed by atoms with van der Waals surface area (Å²) in [4.78, 5) is 2.37. The largest absolute Gasteiger partial charge is 0.310 e. The van der Waals surface area contributed by atoms with Crippen LogP contribution >= 0.6 is 0 Å². The maximum absolute atomic E-state index is 2.37. The molecule has 0 saturated heterocycles. The molecule has 10 aromatic rings. The van der Waals surface area contributed by atoms with Crippen molar-refractivity contribution in [3.63, 3.8) is 0 Å². The summed E-state index contributed by atoms with van der Waals surface area (Å²) < 4.78 is 0. The molecule has 1 heteroatoms. The molecule has 0 bridgehead atoms. The summed E-state index contributed by atoms with van der Waals surface area (Å²) in [7, 11) is 0. The molecule has 0 aliphatic heterocycles. The maximum atomic E-state index is 2.37. The van der Waals surface area contributed by atoms with E-state index in [1.807, 2.05) is 0 Å². The van der Waals surface area contributed by atoms with Crippen molar-refractivity contribution in [3.05, 3.63) is 200 Å². The van der Waals surface area contributed by atoms with E-state index in [1.54, 1.807) is 0 Å². The lowest BCUT2D eigenvalue weighted by molar-refractivity contribution is 1.29. The smallest absolute Gasteiger partial charge is 0.0468 e.